The first kappa shape index (κ1) is 26.5. The lowest BCUT2D eigenvalue weighted by molar-refractivity contribution is -0.128. The number of urea groups is 1. The number of aromatic nitrogens is 1. The molecule has 1 saturated heterocycles. The van der Waals surface area contributed by atoms with Crippen LogP contribution in [0.1, 0.15) is 21.7 Å². The highest BCUT2D eigenvalue weighted by molar-refractivity contribution is 7.21. The average Bonchev–Trinajstić information content (AvgIpc) is 3.33. The number of hydrogen-bond donors (Lipinski definition) is 2. The van der Waals surface area contributed by atoms with E-state index in [9.17, 15) is 18.8 Å². The largest absolute Gasteiger partial charge is 0.457 e. The van der Waals surface area contributed by atoms with Crippen molar-refractivity contribution in [2.75, 3.05) is 23.3 Å². The molecule has 2 aliphatic heterocycles. The number of pyridine rings is 1. The number of para-hydroxylation sites is 1. The number of aryl methyl sites for hydroxylation is 1. The summed E-state index contributed by atoms with van der Waals surface area (Å²) in [7, 11) is 0. The number of thiophene rings is 1. The molecule has 4 aromatic rings. The first-order chi connectivity index (χ1) is 19.8. The molecule has 2 aromatic carbocycles. The van der Waals surface area contributed by atoms with Crippen molar-refractivity contribution in [3.63, 3.8) is 0 Å². The number of anilines is 3. The van der Waals surface area contributed by atoms with Gasteiger partial charge in [0.1, 0.15) is 27.4 Å². The molecule has 41 heavy (non-hydrogen) atoms. The van der Waals surface area contributed by atoms with Crippen molar-refractivity contribution in [2.45, 2.75) is 25.6 Å². The van der Waals surface area contributed by atoms with Gasteiger partial charge in [0.05, 0.1) is 29.0 Å². The number of likely N-dealkylation sites (tertiary alicyclic amines) is 1. The van der Waals surface area contributed by atoms with Crippen LogP contribution in [0.15, 0.2) is 73.4 Å². The lowest BCUT2D eigenvalue weighted by atomic mass is 10.0. The van der Waals surface area contributed by atoms with Crippen molar-refractivity contribution in [1.82, 2.24) is 15.2 Å². The van der Waals surface area contributed by atoms with Crippen LogP contribution in [0, 0.1) is 6.92 Å². The van der Waals surface area contributed by atoms with Crippen molar-refractivity contribution < 1.29 is 23.5 Å². The maximum Gasteiger partial charge on any atom is 0.331 e. The normalized spacial score (nSPS) is 18.1. The molecule has 2 N–H and O–H groups in total. The highest BCUT2D eigenvalue weighted by Gasteiger charge is 2.35. The van der Waals surface area contributed by atoms with Gasteiger partial charge in [-0.15, -0.1) is 11.3 Å². The fraction of sp³-hybridized carbons (Fsp3) is 0.200. The number of carbonyl (C=O) groups is 3. The molecule has 0 spiro atoms. The Labute approximate surface area is 239 Å². The van der Waals surface area contributed by atoms with Gasteiger partial charge in [0.2, 0.25) is 5.91 Å². The van der Waals surface area contributed by atoms with Crippen molar-refractivity contribution in [3.05, 3.63) is 83.9 Å². The zero-order valence-corrected chi connectivity index (χ0v) is 22.9. The first-order valence-corrected chi connectivity index (χ1v) is 13.9. The van der Waals surface area contributed by atoms with Crippen molar-refractivity contribution in [1.29, 1.82) is 0 Å². The number of alkyl halides is 1. The van der Waals surface area contributed by atoms with Crippen LogP contribution in [-0.2, 0) is 4.79 Å². The van der Waals surface area contributed by atoms with Gasteiger partial charge >= 0.3 is 6.03 Å². The second-order valence-electron chi connectivity index (χ2n) is 9.90. The van der Waals surface area contributed by atoms with Crippen LogP contribution in [0.2, 0.25) is 0 Å². The third-order valence-electron chi connectivity index (χ3n) is 7.06. The second-order valence-corrected chi connectivity index (χ2v) is 10.9. The monoisotopic (exact) mass is 571 g/mol. The average molecular weight is 572 g/mol. The number of benzene rings is 2. The van der Waals surface area contributed by atoms with E-state index in [2.05, 4.69) is 22.2 Å². The van der Waals surface area contributed by atoms with Crippen LogP contribution >= 0.6 is 11.3 Å². The fourth-order valence-corrected chi connectivity index (χ4v) is 6.27. The SMILES string of the molecule is C=CC(=O)N1CC(F)CC(NC(=O)c2sc3nccc4c3c2NC(=O)N4c2ccc(Oc3ccccc3)cc2C)C1. The van der Waals surface area contributed by atoms with Crippen LogP contribution < -0.4 is 20.3 Å². The van der Waals surface area contributed by atoms with E-state index in [1.165, 1.54) is 4.90 Å². The molecule has 2 atom stereocenters. The lowest BCUT2D eigenvalue weighted by Gasteiger charge is -2.34. The van der Waals surface area contributed by atoms with Crippen LogP contribution in [0.5, 0.6) is 11.5 Å². The number of rotatable bonds is 6. The number of amides is 4. The lowest BCUT2D eigenvalue weighted by Crippen LogP contribution is -2.53. The maximum absolute atomic E-state index is 14.4. The smallest absolute Gasteiger partial charge is 0.331 e. The molecule has 4 amide bonds. The molecule has 0 bridgehead atoms. The minimum absolute atomic E-state index is 0.0384. The predicted octanol–water partition coefficient (Wildman–Crippen LogP) is 5.94. The Kier molecular flexibility index (Phi) is 6.88. The molecule has 2 aromatic heterocycles. The standard InChI is InChI=1S/C30H26FN5O4S/c1-3-24(37)35-15-18(31)14-19(16-35)33-28(38)27-26-25-23(11-12-32-29(25)41-27)36(30(39)34-26)22-10-9-21(13-17(22)2)40-20-7-5-4-6-8-20/h3-13,18-19H,1,14-16H2,2H3,(H,33,38)(H,34,39). The number of nitrogens with one attached hydrogen (secondary N) is 2. The molecule has 0 saturated carbocycles. The second kappa shape index (κ2) is 10.7. The number of halogens is 1. The summed E-state index contributed by atoms with van der Waals surface area (Å²) in [5, 5.41) is 6.36. The molecule has 2 unspecified atom stereocenters. The summed E-state index contributed by atoms with van der Waals surface area (Å²) in [4.78, 5) is 47.1. The zero-order chi connectivity index (χ0) is 28.7. The van der Waals surface area contributed by atoms with Gasteiger partial charge in [0, 0.05) is 25.2 Å². The molecule has 0 aliphatic carbocycles. The van der Waals surface area contributed by atoms with Gasteiger partial charge in [-0.3, -0.25) is 14.5 Å². The van der Waals surface area contributed by atoms with Crippen molar-refractivity contribution in [3.8, 4) is 11.5 Å². The van der Waals surface area contributed by atoms with Crippen LogP contribution in [0.4, 0.5) is 26.2 Å². The number of hydrogen-bond acceptors (Lipinski definition) is 6. The first-order valence-electron chi connectivity index (χ1n) is 13.0. The van der Waals surface area contributed by atoms with Gasteiger partial charge in [0.15, 0.2) is 0 Å². The van der Waals surface area contributed by atoms with E-state index in [4.69, 9.17) is 4.74 Å². The molecular weight excluding hydrogens is 545 g/mol. The predicted molar refractivity (Wildman–Crippen MR) is 156 cm³/mol. The molecule has 6 rings (SSSR count). The minimum Gasteiger partial charge on any atom is -0.457 e. The summed E-state index contributed by atoms with van der Waals surface area (Å²) < 4.78 is 20.3. The Morgan fingerprint density at radius 1 is 1.15 bits per heavy atom. The van der Waals surface area contributed by atoms with E-state index in [-0.39, 0.29) is 30.3 Å². The Balaban J connectivity index is 1.29. The quantitative estimate of drug-likeness (QED) is 0.279. The molecule has 208 valence electrons. The highest BCUT2D eigenvalue weighted by atomic mass is 32.1. The van der Waals surface area contributed by atoms with E-state index in [1.807, 2.05) is 49.4 Å². The van der Waals surface area contributed by atoms with Crippen molar-refractivity contribution >= 4 is 56.5 Å². The molecule has 0 radical (unpaired) electrons. The summed E-state index contributed by atoms with van der Waals surface area (Å²) >= 11 is 1.14. The fourth-order valence-electron chi connectivity index (χ4n) is 5.25. The van der Waals surface area contributed by atoms with E-state index < -0.39 is 24.2 Å². The maximum atomic E-state index is 14.4. The Bertz CT molecular complexity index is 1690. The molecule has 1 fully saturated rings. The van der Waals surface area contributed by atoms with E-state index >= 15 is 0 Å². The third-order valence-corrected chi connectivity index (χ3v) is 8.16. The zero-order valence-electron chi connectivity index (χ0n) is 22.1. The molecule has 9 nitrogen and oxygen atoms in total. The Morgan fingerprint density at radius 3 is 2.71 bits per heavy atom. The molecule has 11 heteroatoms. The van der Waals surface area contributed by atoms with Crippen LogP contribution in [0.25, 0.3) is 10.2 Å². The topological polar surface area (TPSA) is 104 Å². The number of nitrogens with zero attached hydrogens (tertiary/aromatic N) is 3. The Morgan fingerprint density at radius 2 is 1.95 bits per heavy atom. The van der Waals surface area contributed by atoms with Gasteiger partial charge in [0.25, 0.3) is 5.91 Å². The summed E-state index contributed by atoms with van der Waals surface area (Å²) in [6.07, 6.45) is 1.54. The number of carbonyl (C=O) groups excluding carboxylic acids is 3. The van der Waals surface area contributed by atoms with E-state index in [0.29, 0.717) is 38.8 Å². The summed E-state index contributed by atoms with van der Waals surface area (Å²) in [6.45, 7) is 5.49. The summed E-state index contributed by atoms with van der Waals surface area (Å²) in [5.41, 5.74) is 2.42. The molecule has 2 aliphatic rings. The van der Waals surface area contributed by atoms with Gasteiger partial charge < -0.3 is 20.3 Å². The number of piperidine rings is 1. The molecule has 4 heterocycles. The van der Waals surface area contributed by atoms with Crippen LogP contribution in [-0.4, -0.2) is 53.0 Å². The van der Waals surface area contributed by atoms with Crippen LogP contribution in [0.3, 0.4) is 0 Å². The third kappa shape index (κ3) is 5.00. The number of ether oxygens (including phenoxy) is 1. The highest BCUT2D eigenvalue weighted by Crippen LogP contribution is 2.46. The summed E-state index contributed by atoms with van der Waals surface area (Å²) in [5.74, 6) is 0.484. The van der Waals surface area contributed by atoms with Gasteiger partial charge in [-0.05, 0) is 55.0 Å². The van der Waals surface area contributed by atoms with Crippen molar-refractivity contribution in [2.24, 2.45) is 0 Å². The minimum atomic E-state index is -1.27. The Hall–Kier alpha value is -4.77. The van der Waals surface area contributed by atoms with E-state index in [0.717, 1.165) is 23.0 Å². The van der Waals surface area contributed by atoms with Gasteiger partial charge in [-0.2, -0.15) is 0 Å². The molecular formula is C30H26FN5O4S. The van der Waals surface area contributed by atoms with Gasteiger partial charge in [-0.25, -0.2) is 14.2 Å². The summed E-state index contributed by atoms with van der Waals surface area (Å²) in [6, 6.07) is 15.6. The van der Waals surface area contributed by atoms with E-state index in [1.54, 1.807) is 23.2 Å². The van der Waals surface area contributed by atoms with Gasteiger partial charge in [-0.1, -0.05) is 24.8 Å².